The molecule has 3 heterocycles. The smallest absolute Gasteiger partial charge is 0.307 e. The molecule has 2 amide bonds. The monoisotopic (exact) mass is 806 g/mol. The molecule has 0 spiro atoms. The molecule has 3 aliphatic carbocycles. The van der Waals surface area contributed by atoms with E-state index >= 15 is 4.79 Å². The predicted octanol–water partition coefficient (Wildman–Crippen LogP) is 6.19. The number of Topliss-reactive ketones (excluding diaryl/α,β-unsaturated/α-hetero) is 1. The van der Waals surface area contributed by atoms with Crippen molar-refractivity contribution >= 4 is 44.6 Å². The SMILES string of the molecule is CC[C@@H]1C[C@H](C)CC/C=C\[C@@H]2C[C@@]2(C(=O)NS(=O)(=O)C2CC2)CC(=O)[C@@H]2C[C@@H](Oc3nc4cc(OC)ccc4nc3C3CC3)CN2C(=O)[C@H]1CC(=O)OC(C)(C)C. The molecule has 4 fully saturated rings. The number of methoxy groups -OCH3 is 1. The zero-order chi connectivity index (χ0) is 40.9. The van der Waals surface area contributed by atoms with E-state index in [1.807, 2.05) is 31.2 Å². The number of esters is 1. The number of carbonyl (C=O) groups excluding carboxylic acids is 4. The van der Waals surface area contributed by atoms with Gasteiger partial charge in [-0.05, 0) is 102 Å². The van der Waals surface area contributed by atoms with Crippen molar-refractivity contribution in [2.75, 3.05) is 13.7 Å². The number of rotatable bonds is 10. The van der Waals surface area contributed by atoms with E-state index in [0.717, 1.165) is 31.4 Å². The van der Waals surface area contributed by atoms with Crippen LogP contribution in [0.4, 0.5) is 0 Å². The van der Waals surface area contributed by atoms with Crippen LogP contribution < -0.4 is 14.2 Å². The van der Waals surface area contributed by atoms with Crippen molar-refractivity contribution in [3.63, 3.8) is 0 Å². The fourth-order valence-corrected chi connectivity index (χ4v) is 10.2. The molecule has 0 radical (unpaired) electrons. The number of benzene rings is 1. The lowest BCUT2D eigenvalue weighted by Crippen LogP contribution is -2.48. The highest BCUT2D eigenvalue weighted by Crippen LogP contribution is 2.57. The Labute approximate surface area is 336 Å². The molecule has 14 heteroatoms. The van der Waals surface area contributed by atoms with Crippen molar-refractivity contribution < 1.29 is 41.8 Å². The lowest BCUT2D eigenvalue weighted by molar-refractivity contribution is -0.160. The van der Waals surface area contributed by atoms with Gasteiger partial charge in [-0.2, -0.15) is 0 Å². The Morgan fingerprint density at radius 1 is 1.04 bits per heavy atom. The third-order valence-corrected chi connectivity index (χ3v) is 14.2. The van der Waals surface area contributed by atoms with Crippen molar-refractivity contribution in [2.45, 2.75) is 141 Å². The zero-order valence-corrected chi connectivity index (χ0v) is 34.9. The van der Waals surface area contributed by atoms with Gasteiger partial charge in [0.05, 0.1) is 53.7 Å². The number of ether oxygens (including phenoxy) is 3. The molecule has 3 saturated carbocycles. The standard InChI is InChI=1S/C43H58N4O9S/c1-7-26-18-25(2)10-8-9-11-28-22-43(28,41(51)46-57(52,53)31-15-16-31)23-36(48)35-20-30(24-47(35)40(50)32(26)21-37(49)56-42(3,4)5)55-39-38(27-12-13-27)44-33-17-14-29(54-6)19-34(33)45-39/h9,11,14,17,19,25-28,30-32,35H,7-8,10,12-13,15-16,18,20-24H2,1-6H3,(H,46,51)/b11-9-/t25-,26-,28-,30-,32+,35+,43-/m1/s1. The van der Waals surface area contributed by atoms with Gasteiger partial charge in [-0.1, -0.05) is 32.4 Å². The molecule has 2 aliphatic heterocycles. The second-order valence-electron chi connectivity index (χ2n) is 18.2. The highest BCUT2D eigenvalue weighted by Gasteiger charge is 2.62. The molecule has 7 rings (SSSR count). The number of hydrogen-bond donors (Lipinski definition) is 1. The molecular weight excluding hydrogens is 749 g/mol. The van der Waals surface area contributed by atoms with E-state index in [2.05, 4.69) is 11.6 Å². The van der Waals surface area contributed by atoms with E-state index in [-0.39, 0.29) is 61.2 Å². The van der Waals surface area contributed by atoms with Crippen molar-refractivity contribution in [2.24, 2.45) is 29.1 Å². The quantitative estimate of drug-likeness (QED) is 0.215. The first-order valence-electron chi connectivity index (χ1n) is 20.8. The van der Waals surface area contributed by atoms with Gasteiger partial charge in [-0.25, -0.2) is 18.4 Å². The van der Waals surface area contributed by atoms with E-state index in [1.54, 1.807) is 38.8 Å². The number of aromatic nitrogens is 2. The highest BCUT2D eigenvalue weighted by atomic mass is 32.2. The molecule has 1 N–H and O–H groups in total. The van der Waals surface area contributed by atoms with E-state index in [4.69, 9.17) is 24.2 Å². The minimum absolute atomic E-state index is 0.0621. The molecular formula is C43H58N4O9S. The maximum absolute atomic E-state index is 15.1. The predicted molar refractivity (Wildman–Crippen MR) is 213 cm³/mol. The second-order valence-corrected chi connectivity index (χ2v) is 20.2. The Kier molecular flexibility index (Phi) is 11.5. The van der Waals surface area contributed by atoms with E-state index in [0.29, 0.717) is 54.8 Å². The molecule has 0 unspecified atom stereocenters. The van der Waals surface area contributed by atoms with Gasteiger partial charge in [-0.15, -0.1) is 0 Å². The molecule has 7 atom stereocenters. The molecule has 2 aromatic rings. The van der Waals surface area contributed by atoms with Crippen LogP contribution in [0.5, 0.6) is 11.6 Å². The fraction of sp³-hybridized carbons (Fsp3) is 0.674. The summed E-state index contributed by atoms with van der Waals surface area (Å²) >= 11 is 0. The molecule has 57 heavy (non-hydrogen) atoms. The largest absolute Gasteiger partial charge is 0.497 e. The van der Waals surface area contributed by atoms with Crippen molar-refractivity contribution in [1.82, 2.24) is 19.6 Å². The molecule has 5 aliphatic rings. The first kappa shape index (κ1) is 41.1. The summed E-state index contributed by atoms with van der Waals surface area (Å²) < 4.78 is 46.1. The van der Waals surface area contributed by atoms with Gasteiger partial charge in [0.1, 0.15) is 23.1 Å². The summed E-state index contributed by atoms with van der Waals surface area (Å²) in [5.74, 6) is -1.67. The van der Waals surface area contributed by atoms with E-state index in [1.165, 1.54) is 0 Å². The van der Waals surface area contributed by atoms with E-state index in [9.17, 15) is 22.8 Å². The Bertz CT molecular complexity index is 2040. The summed E-state index contributed by atoms with van der Waals surface area (Å²) in [6, 6.07) is 4.51. The molecule has 1 aromatic carbocycles. The Morgan fingerprint density at radius 3 is 2.46 bits per heavy atom. The van der Waals surface area contributed by atoms with Gasteiger partial charge >= 0.3 is 5.97 Å². The molecule has 0 bridgehead atoms. The first-order chi connectivity index (χ1) is 27.0. The topological polar surface area (TPSA) is 171 Å². The number of carbonyl (C=O) groups is 4. The van der Waals surface area contributed by atoms with Crippen molar-refractivity contribution in [3.8, 4) is 11.6 Å². The van der Waals surface area contributed by atoms with Gasteiger partial charge in [0.25, 0.3) is 0 Å². The van der Waals surface area contributed by atoms with Gasteiger partial charge in [0, 0.05) is 24.8 Å². The summed E-state index contributed by atoms with van der Waals surface area (Å²) in [5, 5.41) is -0.598. The average Bonchev–Trinajstić information content (AvgIpc) is 4.04. The Balaban J connectivity index is 1.24. The summed E-state index contributed by atoms with van der Waals surface area (Å²) in [5.41, 5.74) is 0.0308. The van der Waals surface area contributed by atoms with Gasteiger partial charge in [-0.3, -0.25) is 23.9 Å². The van der Waals surface area contributed by atoms with Crippen LogP contribution in [0.15, 0.2) is 30.4 Å². The number of fused-ring (bicyclic) bond motifs is 3. The summed E-state index contributed by atoms with van der Waals surface area (Å²) in [7, 11) is -2.28. The Morgan fingerprint density at radius 2 is 1.79 bits per heavy atom. The summed E-state index contributed by atoms with van der Waals surface area (Å²) in [6.45, 7) is 9.61. The number of sulfonamides is 1. The van der Waals surface area contributed by atoms with Crippen LogP contribution in [0.1, 0.15) is 123 Å². The van der Waals surface area contributed by atoms with Crippen molar-refractivity contribution in [3.05, 3.63) is 36.0 Å². The number of hydrogen-bond acceptors (Lipinski definition) is 11. The lowest BCUT2D eigenvalue weighted by atomic mass is 9.79. The van der Waals surface area contributed by atoms with Gasteiger partial charge < -0.3 is 19.1 Å². The summed E-state index contributed by atoms with van der Waals surface area (Å²) in [6.07, 6.45) is 9.23. The average molecular weight is 807 g/mol. The van der Waals surface area contributed by atoms with Crippen molar-refractivity contribution in [1.29, 1.82) is 0 Å². The van der Waals surface area contributed by atoms with Crippen LogP contribution in [0.2, 0.25) is 0 Å². The van der Waals surface area contributed by atoms with Crippen LogP contribution in [0.25, 0.3) is 11.0 Å². The summed E-state index contributed by atoms with van der Waals surface area (Å²) in [4.78, 5) is 68.6. The van der Waals surface area contributed by atoms with E-state index < -0.39 is 56.2 Å². The number of nitrogens with zero attached hydrogens (tertiary/aromatic N) is 3. The lowest BCUT2D eigenvalue weighted by Gasteiger charge is -2.33. The van der Waals surface area contributed by atoms with Crippen LogP contribution in [-0.4, -0.2) is 83.5 Å². The Hall–Kier alpha value is -4.07. The van der Waals surface area contributed by atoms with Gasteiger partial charge in [0.2, 0.25) is 27.7 Å². The minimum atomic E-state index is -3.86. The maximum atomic E-state index is 15.1. The van der Waals surface area contributed by atoms with Crippen LogP contribution in [0, 0.1) is 29.1 Å². The van der Waals surface area contributed by atoms with Gasteiger partial charge in [0.15, 0.2) is 5.78 Å². The molecule has 1 aromatic heterocycles. The van der Waals surface area contributed by atoms with Crippen LogP contribution >= 0.6 is 0 Å². The number of ketones is 1. The third-order valence-electron chi connectivity index (χ3n) is 12.4. The zero-order valence-electron chi connectivity index (χ0n) is 34.1. The second kappa shape index (κ2) is 15.9. The number of allylic oxidation sites excluding steroid dienone is 2. The first-order valence-corrected chi connectivity index (χ1v) is 22.3. The normalized spacial score (nSPS) is 30.4. The third kappa shape index (κ3) is 9.31. The number of nitrogens with one attached hydrogen (secondary N) is 1. The molecule has 310 valence electrons. The van der Waals surface area contributed by atoms with Crippen LogP contribution in [-0.2, 0) is 33.9 Å². The minimum Gasteiger partial charge on any atom is -0.497 e. The fourth-order valence-electron chi connectivity index (χ4n) is 8.83. The number of amides is 2. The van der Waals surface area contributed by atoms with Crippen LogP contribution in [0.3, 0.4) is 0 Å². The molecule has 13 nitrogen and oxygen atoms in total. The maximum Gasteiger partial charge on any atom is 0.307 e. The highest BCUT2D eigenvalue weighted by molar-refractivity contribution is 7.90. The molecule has 1 saturated heterocycles.